The first-order chi connectivity index (χ1) is 15.2. The lowest BCUT2D eigenvalue weighted by atomic mass is 10.1. The van der Waals surface area contributed by atoms with Crippen molar-refractivity contribution in [1.82, 2.24) is 5.32 Å². The van der Waals surface area contributed by atoms with E-state index in [0.717, 1.165) is 21.3 Å². The standard InChI is InChI=1S/C23H25ClN2O5S/c1-16(26(32(3,28)29)21-15-19(24)9-11-22(21)30-2)23(27)25-12-13-31-20-10-8-17-6-4-5-7-18(17)14-20/h4-11,14-16H,12-13H2,1-3H3,(H,25,27). The third kappa shape index (κ3) is 5.63. The van der Waals surface area contributed by atoms with Gasteiger partial charge in [0.15, 0.2) is 0 Å². The normalized spacial score (nSPS) is 12.2. The second kappa shape index (κ2) is 10.1. The number of rotatable bonds is 9. The number of hydrogen-bond donors (Lipinski definition) is 1. The predicted molar refractivity (Wildman–Crippen MR) is 127 cm³/mol. The fraction of sp³-hybridized carbons (Fsp3) is 0.261. The van der Waals surface area contributed by atoms with Crippen LogP contribution in [0.4, 0.5) is 5.69 Å². The lowest BCUT2D eigenvalue weighted by Crippen LogP contribution is -2.48. The van der Waals surface area contributed by atoms with Crippen LogP contribution in [0.15, 0.2) is 60.7 Å². The summed E-state index contributed by atoms with van der Waals surface area (Å²) in [6, 6.07) is 17.3. The van der Waals surface area contributed by atoms with Gasteiger partial charge in [-0.15, -0.1) is 0 Å². The molecule has 0 saturated heterocycles. The van der Waals surface area contributed by atoms with E-state index in [-0.39, 0.29) is 18.8 Å². The number of nitrogens with one attached hydrogen (secondary N) is 1. The van der Waals surface area contributed by atoms with E-state index in [4.69, 9.17) is 21.1 Å². The number of carbonyl (C=O) groups is 1. The van der Waals surface area contributed by atoms with Gasteiger partial charge in [0.05, 0.1) is 25.6 Å². The summed E-state index contributed by atoms with van der Waals surface area (Å²) in [6.07, 6.45) is 1.03. The zero-order valence-electron chi connectivity index (χ0n) is 18.0. The Morgan fingerprint density at radius 2 is 1.81 bits per heavy atom. The first kappa shape index (κ1) is 23.7. The summed E-state index contributed by atoms with van der Waals surface area (Å²) >= 11 is 6.06. The highest BCUT2D eigenvalue weighted by atomic mass is 35.5. The summed E-state index contributed by atoms with van der Waals surface area (Å²) in [5.41, 5.74) is 0.192. The van der Waals surface area contributed by atoms with Crippen LogP contribution in [0.3, 0.4) is 0 Å². The van der Waals surface area contributed by atoms with Crippen molar-refractivity contribution in [3.63, 3.8) is 0 Å². The molecule has 1 N–H and O–H groups in total. The number of sulfonamides is 1. The number of benzene rings is 3. The summed E-state index contributed by atoms with van der Waals surface area (Å²) in [6.45, 7) is 1.94. The second-order valence-corrected chi connectivity index (χ2v) is 9.50. The number of halogens is 1. The number of amides is 1. The van der Waals surface area contributed by atoms with E-state index in [1.54, 1.807) is 12.1 Å². The van der Waals surface area contributed by atoms with Crippen molar-refractivity contribution in [2.24, 2.45) is 0 Å². The SMILES string of the molecule is COc1ccc(Cl)cc1N(C(C)C(=O)NCCOc1ccc2ccccc2c1)S(C)(=O)=O. The maximum absolute atomic E-state index is 12.7. The fourth-order valence-corrected chi connectivity index (χ4v) is 4.70. The third-order valence-corrected chi connectivity index (χ3v) is 6.32. The van der Waals surface area contributed by atoms with E-state index >= 15 is 0 Å². The van der Waals surface area contributed by atoms with Crippen molar-refractivity contribution < 1.29 is 22.7 Å². The van der Waals surface area contributed by atoms with Crippen molar-refractivity contribution in [3.8, 4) is 11.5 Å². The number of nitrogens with zero attached hydrogens (tertiary/aromatic N) is 1. The van der Waals surface area contributed by atoms with Crippen LogP contribution in [0.1, 0.15) is 6.92 Å². The van der Waals surface area contributed by atoms with E-state index < -0.39 is 22.0 Å². The van der Waals surface area contributed by atoms with E-state index in [0.29, 0.717) is 16.5 Å². The molecule has 1 atom stereocenters. The van der Waals surface area contributed by atoms with Crippen LogP contribution in [0.2, 0.25) is 5.02 Å². The molecule has 0 aliphatic carbocycles. The number of hydrogen-bond acceptors (Lipinski definition) is 5. The minimum atomic E-state index is -3.80. The van der Waals surface area contributed by atoms with Crippen LogP contribution in [0.25, 0.3) is 10.8 Å². The van der Waals surface area contributed by atoms with Gasteiger partial charge in [0.25, 0.3) is 0 Å². The maximum atomic E-state index is 12.7. The van der Waals surface area contributed by atoms with Crippen molar-refractivity contribution in [1.29, 1.82) is 0 Å². The smallest absolute Gasteiger partial charge is 0.243 e. The van der Waals surface area contributed by atoms with E-state index in [2.05, 4.69) is 5.32 Å². The highest BCUT2D eigenvalue weighted by molar-refractivity contribution is 7.92. The van der Waals surface area contributed by atoms with Crippen LogP contribution in [0.5, 0.6) is 11.5 Å². The maximum Gasteiger partial charge on any atom is 0.243 e. The molecule has 0 bridgehead atoms. The minimum absolute atomic E-state index is 0.192. The Hall–Kier alpha value is -2.97. The molecule has 170 valence electrons. The van der Waals surface area contributed by atoms with Gasteiger partial charge < -0.3 is 14.8 Å². The largest absolute Gasteiger partial charge is 0.495 e. The Morgan fingerprint density at radius 3 is 2.50 bits per heavy atom. The molecule has 0 radical (unpaired) electrons. The average molecular weight is 477 g/mol. The van der Waals surface area contributed by atoms with Crippen molar-refractivity contribution >= 4 is 44.0 Å². The highest BCUT2D eigenvalue weighted by Gasteiger charge is 2.31. The molecule has 0 aliphatic rings. The Morgan fingerprint density at radius 1 is 1.09 bits per heavy atom. The average Bonchev–Trinajstić information content (AvgIpc) is 2.75. The van der Waals surface area contributed by atoms with Crippen LogP contribution in [0, 0.1) is 0 Å². The van der Waals surface area contributed by atoms with Crippen LogP contribution in [-0.2, 0) is 14.8 Å². The topological polar surface area (TPSA) is 84.9 Å². The van der Waals surface area contributed by atoms with Gasteiger partial charge in [-0.1, -0.05) is 41.9 Å². The van der Waals surface area contributed by atoms with Gasteiger partial charge in [0.1, 0.15) is 24.1 Å². The molecule has 0 spiro atoms. The van der Waals surface area contributed by atoms with E-state index in [1.807, 2.05) is 42.5 Å². The van der Waals surface area contributed by atoms with Crippen LogP contribution < -0.4 is 19.1 Å². The molecule has 3 aromatic rings. The number of ether oxygens (including phenoxy) is 2. The molecule has 0 saturated carbocycles. The zero-order chi connectivity index (χ0) is 23.3. The number of carbonyl (C=O) groups excluding carboxylic acids is 1. The Labute approximate surface area is 192 Å². The molecule has 3 rings (SSSR count). The first-order valence-electron chi connectivity index (χ1n) is 9.93. The highest BCUT2D eigenvalue weighted by Crippen LogP contribution is 2.34. The van der Waals surface area contributed by atoms with Crippen molar-refractivity contribution in [3.05, 3.63) is 65.7 Å². The third-order valence-electron chi connectivity index (χ3n) is 4.86. The molecule has 0 heterocycles. The molecule has 0 aromatic heterocycles. The molecule has 0 aliphatic heterocycles. The lowest BCUT2D eigenvalue weighted by Gasteiger charge is -2.29. The van der Waals surface area contributed by atoms with Gasteiger partial charge >= 0.3 is 0 Å². The number of methoxy groups -OCH3 is 1. The molecule has 1 unspecified atom stereocenters. The van der Waals surface area contributed by atoms with Gasteiger partial charge in [0, 0.05) is 5.02 Å². The lowest BCUT2D eigenvalue weighted by molar-refractivity contribution is -0.121. The van der Waals surface area contributed by atoms with Crippen molar-refractivity contribution in [2.45, 2.75) is 13.0 Å². The molecule has 9 heteroatoms. The van der Waals surface area contributed by atoms with Gasteiger partial charge in [-0.05, 0) is 48.0 Å². The molecule has 7 nitrogen and oxygen atoms in total. The number of fused-ring (bicyclic) bond motifs is 1. The predicted octanol–water partition coefficient (Wildman–Crippen LogP) is 3.85. The number of anilines is 1. The molecular weight excluding hydrogens is 452 g/mol. The Kier molecular flexibility index (Phi) is 7.48. The summed E-state index contributed by atoms with van der Waals surface area (Å²) in [4.78, 5) is 12.7. The van der Waals surface area contributed by atoms with Crippen molar-refractivity contribution in [2.75, 3.05) is 30.8 Å². The summed E-state index contributed by atoms with van der Waals surface area (Å²) in [7, 11) is -2.38. The quantitative estimate of drug-likeness (QED) is 0.474. The summed E-state index contributed by atoms with van der Waals surface area (Å²) < 4.78 is 37.0. The van der Waals surface area contributed by atoms with Gasteiger partial charge in [-0.2, -0.15) is 0 Å². The van der Waals surface area contributed by atoms with Crippen LogP contribution >= 0.6 is 11.6 Å². The molecule has 32 heavy (non-hydrogen) atoms. The van der Waals surface area contributed by atoms with Gasteiger partial charge in [0.2, 0.25) is 15.9 Å². The van der Waals surface area contributed by atoms with E-state index in [9.17, 15) is 13.2 Å². The van der Waals surface area contributed by atoms with Gasteiger partial charge in [-0.25, -0.2) is 8.42 Å². The molecule has 3 aromatic carbocycles. The fourth-order valence-electron chi connectivity index (χ4n) is 3.36. The second-order valence-electron chi connectivity index (χ2n) is 7.20. The summed E-state index contributed by atoms with van der Waals surface area (Å²) in [5.74, 6) is 0.506. The van der Waals surface area contributed by atoms with Gasteiger partial charge in [-0.3, -0.25) is 9.10 Å². The van der Waals surface area contributed by atoms with E-state index in [1.165, 1.54) is 20.1 Å². The summed E-state index contributed by atoms with van der Waals surface area (Å²) in [5, 5.41) is 5.21. The zero-order valence-corrected chi connectivity index (χ0v) is 19.6. The first-order valence-corrected chi connectivity index (χ1v) is 12.2. The molecular formula is C23H25ClN2O5S. The molecule has 0 fully saturated rings. The minimum Gasteiger partial charge on any atom is -0.495 e. The Bertz CT molecular complexity index is 1220. The Balaban J connectivity index is 1.65. The monoisotopic (exact) mass is 476 g/mol. The van der Waals surface area contributed by atoms with Crippen LogP contribution in [-0.4, -0.2) is 46.9 Å². The molecule has 1 amide bonds.